The molecule has 0 unspecified atom stereocenters. The van der Waals surface area contributed by atoms with Crippen molar-refractivity contribution in [3.8, 4) is 5.75 Å². The maximum atomic E-state index is 13.7. The number of anilines is 1. The van der Waals surface area contributed by atoms with Crippen molar-refractivity contribution in [1.82, 2.24) is 0 Å². The smallest absolute Gasteiger partial charge is 0.270 e. The molecule has 0 atom stereocenters. The molecule has 0 saturated carbocycles. The first-order valence-corrected chi connectivity index (χ1v) is 8.26. The van der Waals surface area contributed by atoms with Crippen molar-refractivity contribution in [2.45, 2.75) is 26.0 Å². The van der Waals surface area contributed by atoms with E-state index in [9.17, 15) is 18.9 Å². The average Bonchev–Trinajstić information content (AvgIpc) is 2.63. The monoisotopic (exact) mass is 362 g/mol. The number of aryl methyl sites for hydroxylation is 1. The van der Waals surface area contributed by atoms with Crippen LogP contribution in [0.1, 0.15) is 23.1 Å². The molecule has 2 aliphatic heterocycles. The van der Waals surface area contributed by atoms with Gasteiger partial charge >= 0.3 is 0 Å². The van der Waals surface area contributed by atoms with Crippen molar-refractivity contribution in [2.24, 2.45) is 0 Å². The van der Waals surface area contributed by atoms with Gasteiger partial charge in [-0.25, -0.2) is 8.78 Å². The number of rotatable bonds is 3. The van der Waals surface area contributed by atoms with Crippen LogP contribution in [-0.4, -0.2) is 18.3 Å². The molecular weight excluding hydrogens is 346 g/mol. The van der Waals surface area contributed by atoms with Gasteiger partial charge in [-0.15, -0.1) is 0 Å². The number of halogens is 2. The van der Waals surface area contributed by atoms with E-state index >= 15 is 0 Å². The van der Waals surface area contributed by atoms with Crippen LogP contribution < -0.4 is 9.64 Å². The fourth-order valence-corrected chi connectivity index (χ4v) is 3.53. The summed E-state index contributed by atoms with van der Waals surface area (Å²) in [6.45, 7) is 1.27. The van der Waals surface area contributed by atoms with E-state index < -0.39 is 16.6 Å². The average molecular weight is 362 g/mol. The van der Waals surface area contributed by atoms with E-state index in [0.29, 0.717) is 42.1 Å². The van der Waals surface area contributed by atoms with Crippen molar-refractivity contribution < 1.29 is 23.2 Å². The van der Waals surface area contributed by atoms with Crippen LogP contribution in [0.3, 0.4) is 0 Å². The minimum Gasteiger partial charge on any atom is -0.467 e. The molecule has 0 aromatic heterocycles. The van der Waals surface area contributed by atoms with Gasteiger partial charge in [-0.05, 0) is 24.5 Å². The fourth-order valence-electron chi connectivity index (χ4n) is 3.53. The van der Waals surface area contributed by atoms with Gasteiger partial charge in [0.15, 0.2) is 18.4 Å². The van der Waals surface area contributed by atoms with Gasteiger partial charge in [-0.3, -0.25) is 10.1 Å². The summed E-state index contributed by atoms with van der Waals surface area (Å²) < 4.78 is 38.0. The number of non-ortho nitro benzene ring substituents is 1. The van der Waals surface area contributed by atoms with Gasteiger partial charge in [-0.2, -0.15) is 0 Å². The van der Waals surface area contributed by atoms with E-state index in [1.807, 2.05) is 4.90 Å². The Morgan fingerprint density at radius 1 is 1.15 bits per heavy atom. The quantitative estimate of drug-likeness (QED) is 0.615. The Bertz CT molecular complexity index is 888. The molecule has 2 aliphatic rings. The highest BCUT2D eigenvalue weighted by atomic mass is 19.2. The van der Waals surface area contributed by atoms with Gasteiger partial charge in [0.05, 0.1) is 11.5 Å². The normalized spacial score (nSPS) is 15.8. The van der Waals surface area contributed by atoms with Crippen LogP contribution in [0.15, 0.2) is 24.3 Å². The number of ether oxygens (including phenoxy) is 2. The first-order valence-electron chi connectivity index (χ1n) is 8.26. The molecule has 0 spiro atoms. The predicted molar refractivity (Wildman–Crippen MR) is 89.1 cm³/mol. The third kappa shape index (κ3) is 2.96. The Morgan fingerprint density at radius 2 is 1.96 bits per heavy atom. The first kappa shape index (κ1) is 16.7. The van der Waals surface area contributed by atoms with Gasteiger partial charge < -0.3 is 14.4 Å². The van der Waals surface area contributed by atoms with E-state index in [-0.39, 0.29) is 19.1 Å². The third-order valence-corrected chi connectivity index (χ3v) is 4.68. The Morgan fingerprint density at radius 3 is 2.77 bits per heavy atom. The lowest BCUT2D eigenvalue weighted by Gasteiger charge is -2.32. The second-order valence-corrected chi connectivity index (χ2v) is 6.38. The van der Waals surface area contributed by atoms with E-state index in [2.05, 4.69) is 0 Å². The summed E-state index contributed by atoms with van der Waals surface area (Å²) >= 11 is 0. The molecule has 2 heterocycles. The lowest BCUT2D eigenvalue weighted by atomic mass is 9.99. The van der Waals surface area contributed by atoms with Crippen molar-refractivity contribution >= 4 is 11.4 Å². The number of fused-ring (bicyclic) bond motifs is 2. The maximum Gasteiger partial charge on any atom is 0.270 e. The van der Waals surface area contributed by atoms with Crippen LogP contribution in [0.2, 0.25) is 0 Å². The van der Waals surface area contributed by atoms with Crippen molar-refractivity contribution in [2.75, 3.05) is 18.2 Å². The van der Waals surface area contributed by atoms with Crippen LogP contribution in [0.5, 0.6) is 5.75 Å². The summed E-state index contributed by atoms with van der Waals surface area (Å²) in [5, 5.41) is 11.2. The summed E-state index contributed by atoms with van der Waals surface area (Å²) in [4.78, 5) is 12.7. The van der Waals surface area contributed by atoms with Crippen molar-refractivity contribution in [1.29, 1.82) is 0 Å². The number of nitrogens with zero attached hydrogens (tertiary/aromatic N) is 2. The fraction of sp³-hybridized carbons (Fsp3) is 0.333. The topological polar surface area (TPSA) is 64.8 Å². The van der Waals surface area contributed by atoms with E-state index in [0.717, 1.165) is 12.0 Å². The van der Waals surface area contributed by atoms with Crippen LogP contribution in [0.4, 0.5) is 20.2 Å². The number of benzene rings is 2. The zero-order valence-corrected chi connectivity index (χ0v) is 13.8. The summed E-state index contributed by atoms with van der Waals surface area (Å²) in [7, 11) is 0. The highest BCUT2D eigenvalue weighted by Gasteiger charge is 2.25. The molecule has 0 N–H and O–H groups in total. The molecule has 0 aliphatic carbocycles. The highest BCUT2D eigenvalue weighted by molar-refractivity contribution is 5.58. The molecule has 136 valence electrons. The second kappa shape index (κ2) is 6.53. The van der Waals surface area contributed by atoms with E-state index in [1.165, 1.54) is 24.3 Å². The molecule has 2 aromatic rings. The van der Waals surface area contributed by atoms with Gasteiger partial charge in [-0.1, -0.05) is 0 Å². The van der Waals surface area contributed by atoms with Gasteiger partial charge in [0.1, 0.15) is 5.75 Å². The summed E-state index contributed by atoms with van der Waals surface area (Å²) in [6.07, 6.45) is 1.46. The first-order chi connectivity index (χ1) is 12.5. The highest BCUT2D eigenvalue weighted by Crippen LogP contribution is 2.36. The molecule has 4 rings (SSSR count). The molecule has 8 heteroatoms. The summed E-state index contributed by atoms with van der Waals surface area (Å²) in [6, 6.07) is 5.33. The molecule has 0 radical (unpaired) electrons. The molecule has 0 saturated heterocycles. The van der Waals surface area contributed by atoms with E-state index in [1.54, 1.807) is 0 Å². The molecule has 0 bridgehead atoms. The number of hydrogen-bond donors (Lipinski definition) is 0. The van der Waals surface area contributed by atoms with Crippen LogP contribution in [0.25, 0.3) is 0 Å². The lowest BCUT2D eigenvalue weighted by Crippen LogP contribution is -2.30. The molecule has 26 heavy (non-hydrogen) atoms. The van der Waals surface area contributed by atoms with Gasteiger partial charge in [0.2, 0.25) is 0 Å². The zero-order valence-electron chi connectivity index (χ0n) is 13.8. The molecule has 0 fully saturated rings. The Labute approximate surface area is 148 Å². The van der Waals surface area contributed by atoms with Crippen molar-refractivity contribution in [3.05, 3.63) is 62.7 Å². The standard InChI is InChI=1S/C18H16F2N2O4/c19-15-6-11-2-1-3-21(17(11)7-16(15)20)8-12-4-14(22(23)24)5-13-9-25-10-26-18(12)13/h4-7H,1-3,8-10H2. The van der Waals surface area contributed by atoms with Crippen LogP contribution in [-0.2, 0) is 24.3 Å². The SMILES string of the molecule is O=[N+]([O-])c1cc2c(c(CN3CCCc4cc(F)c(F)cc43)c1)OCOC2. The largest absolute Gasteiger partial charge is 0.467 e. The van der Waals surface area contributed by atoms with Crippen LogP contribution >= 0.6 is 0 Å². The minimum atomic E-state index is -0.902. The minimum absolute atomic E-state index is 0.0460. The second-order valence-electron chi connectivity index (χ2n) is 6.38. The molecule has 6 nitrogen and oxygen atoms in total. The molecular formula is C18H16F2N2O4. The summed E-state index contributed by atoms with van der Waals surface area (Å²) in [5.41, 5.74) is 2.55. The Kier molecular flexibility index (Phi) is 4.20. The third-order valence-electron chi connectivity index (χ3n) is 4.68. The summed E-state index contributed by atoms with van der Waals surface area (Å²) in [5.74, 6) is -1.20. The number of nitro groups is 1. The van der Waals surface area contributed by atoms with Crippen LogP contribution in [0, 0.1) is 21.7 Å². The zero-order chi connectivity index (χ0) is 18.3. The number of hydrogen-bond acceptors (Lipinski definition) is 5. The predicted octanol–water partition coefficient (Wildman–Crippen LogP) is 3.69. The Hall–Kier alpha value is -2.74. The van der Waals surface area contributed by atoms with Crippen molar-refractivity contribution in [3.63, 3.8) is 0 Å². The maximum absolute atomic E-state index is 13.7. The molecule has 0 amide bonds. The van der Waals surface area contributed by atoms with Gasteiger partial charge in [0, 0.05) is 48.1 Å². The van der Waals surface area contributed by atoms with E-state index in [4.69, 9.17) is 9.47 Å². The lowest BCUT2D eigenvalue weighted by molar-refractivity contribution is -0.385. The van der Waals surface area contributed by atoms with Gasteiger partial charge in [0.25, 0.3) is 5.69 Å². The molecule has 2 aromatic carbocycles. The number of nitro benzene ring substituents is 1. The Balaban J connectivity index is 1.73.